The van der Waals surface area contributed by atoms with E-state index in [0.29, 0.717) is 5.02 Å². The number of aromatic nitrogens is 1. The lowest BCUT2D eigenvalue weighted by molar-refractivity contribution is -0.123. The molecule has 0 fully saturated rings. The van der Waals surface area contributed by atoms with Gasteiger partial charge in [0.15, 0.2) is 0 Å². The van der Waals surface area contributed by atoms with Crippen LogP contribution in [0.15, 0.2) is 17.6 Å². The zero-order valence-electron chi connectivity index (χ0n) is 9.87. The summed E-state index contributed by atoms with van der Waals surface area (Å²) in [6.45, 7) is 5.63. The van der Waals surface area contributed by atoms with Gasteiger partial charge >= 0.3 is 0 Å². The predicted octanol–water partition coefficient (Wildman–Crippen LogP) is 3.93. The number of benzene rings is 1. The summed E-state index contributed by atoms with van der Waals surface area (Å²) in [6.07, 6.45) is 0. The number of nitrogens with one attached hydrogen (secondary N) is 1. The molecule has 0 aliphatic heterocycles. The number of carbonyl (C=O) groups is 1. The fourth-order valence-electron chi connectivity index (χ4n) is 1.33. The number of hydrogen-bond acceptors (Lipinski definition) is 3. The monoisotopic (exact) mass is 268 g/mol. The van der Waals surface area contributed by atoms with E-state index in [-0.39, 0.29) is 5.91 Å². The minimum atomic E-state index is -0.420. The molecule has 0 saturated carbocycles. The number of rotatable bonds is 1. The van der Waals surface area contributed by atoms with Gasteiger partial charge in [-0.15, -0.1) is 11.3 Å². The summed E-state index contributed by atoms with van der Waals surface area (Å²) < 4.78 is 0.912. The maximum absolute atomic E-state index is 11.9. The van der Waals surface area contributed by atoms with E-state index in [0.717, 1.165) is 15.9 Å². The molecule has 0 unspecified atom stereocenters. The zero-order chi connectivity index (χ0) is 12.6. The van der Waals surface area contributed by atoms with E-state index in [2.05, 4.69) is 10.3 Å². The first-order valence-corrected chi connectivity index (χ1v) is 6.48. The van der Waals surface area contributed by atoms with Gasteiger partial charge in [0.2, 0.25) is 5.91 Å². The normalized spacial score (nSPS) is 11.8. The van der Waals surface area contributed by atoms with Gasteiger partial charge in [-0.3, -0.25) is 4.79 Å². The molecule has 1 heterocycles. The lowest BCUT2D eigenvalue weighted by Crippen LogP contribution is -2.27. The SMILES string of the molecule is CC(C)(C)C(=O)Nc1ccc(Cl)c2ncsc12. The molecule has 5 heteroatoms. The topological polar surface area (TPSA) is 42.0 Å². The third kappa shape index (κ3) is 2.42. The molecule has 17 heavy (non-hydrogen) atoms. The summed E-state index contributed by atoms with van der Waals surface area (Å²) in [5.74, 6) is -0.0190. The lowest BCUT2D eigenvalue weighted by atomic mass is 9.95. The van der Waals surface area contributed by atoms with Crippen LogP contribution in [0.5, 0.6) is 0 Å². The first-order valence-electron chi connectivity index (χ1n) is 5.23. The fraction of sp³-hybridized carbons (Fsp3) is 0.333. The van der Waals surface area contributed by atoms with E-state index in [4.69, 9.17) is 11.6 Å². The molecule has 0 aliphatic rings. The van der Waals surface area contributed by atoms with Crippen molar-refractivity contribution in [2.24, 2.45) is 5.41 Å². The van der Waals surface area contributed by atoms with Gasteiger partial charge in [-0.1, -0.05) is 32.4 Å². The second-order valence-electron chi connectivity index (χ2n) is 4.83. The quantitative estimate of drug-likeness (QED) is 0.851. The van der Waals surface area contributed by atoms with Crippen LogP contribution in [0.25, 0.3) is 10.2 Å². The van der Waals surface area contributed by atoms with Crippen molar-refractivity contribution in [2.75, 3.05) is 5.32 Å². The minimum absolute atomic E-state index is 0.0190. The third-order valence-corrected chi connectivity index (χ3v) is 3.53. The van der Waals surface area contributed by atoms with Gasteiger partial charge in [0.1, 0.15) is 5.52 Å². The number of anilines is 1. The molecule has 1 aromatic carbocycles. The van der Waals surface area contributed by atoms with E-state index in [1.807, 2.05) is 26.8 Å². The van der Waals surface area contributed by atoms with Gasteiger partial charge in [0.05, 0.1) is 20.9 Å². The highest BCUT2D eigenvalue weighted by Gasteiger charge is 2.22. The van der Waals surface area contributed by atoms with Crippen molar-refractivity contribution in [1.82, 2.24) is 4.98 Å². The first-order chi connectivity index (χ1) is 7.89. The van der Waals surface area contributed by atoms with Gasteiger partial charge < -0.3 is 5.32 Å². The van der Waals surface area contributed by atoms with Crippen LogP contribution in [-0.4, -0.2) is 10.9 Å². The Morgan fingerprint density at radius 3 is 2.76 bits per heavy atom. The van der Waals surface area contributed by atoms with Gasteiger partial charge in [0, 0.05) is 5.41 Å². The van der Waals surface area contributed by atoms with Gasteiger partial charge in [-0.25, -0.2) is 4.98 Å². The van der Waals surface area contributed by atoms with Crippen molar-refractivity contribution in [3.63, 3.8) is 0 Å². The average molecular weight is 269 g/mol. The van der Waals surface area contributed by atoms with Crippen LogP contribution >= 0.6 is 22.9 Å². The van der Waals surface area contributed by atoms with Crippen molar-refractivity contribution in [3.05, 3.63) is 22.7 Å². The second-order valence-corrected chi connectivity index (χ2v) is 6.09. The first kappa shape index (κ1) is 12.3. The number of amides is 1. The van der Waals surface area contributed by atoms with E-state index >= 15 is 0 Å². The summed E-state index contributed by atoms with van der Waals surface area (Å²) in [5.41, 5.74) is 2.81. The minimum Gasteiger partial charge on any atom is -0.324 e. The molecule has 0 saturated heterocycles. The highest BCUT2D eigenvalue weighted by molar-refractivity contribution is 7.17. The Labute approximate surface area is 109 Å². The number of carbonyl (C=O) groups excluding carboxylic acids is 1. The largest absolute Gasteiger partial charge is 0.324 e. The molecule has 2 rings (SSSR count). The Morgan fingerprint density at radius 1 is 1.41 bits per heavy atom. The van der Waals surface area contributed by atoms with E-state index in [1.165, 1.54) is 11.3 Å². The van der Waals surface area contributed by atoms with E-state index in [9.17, 15) is 4.79 Å². The lowest BCUT2D eigenvalue weighted by Gasteiger charge is -2.17. The van der Waals surface area contributed by atoms with Crippen molar-refractivity contribution in [2.45, 2.75) is 20.8 Å². The molecule has 90 valence electrons. The van der Waals surface area contributed by atoms with Crippen molar-refractivity contribution in [1.29, 1.82) is 0 Å². The van der Waals surface area contributed by atoms with Crippen molar-refractivity contribution < 1.29 is 4.79 Å². The van der Waals surface area contributed by atoms with E-state index in [1.54, 1.807) is 11.6 Å². The maximum atomic E-state index is 11.9. The van der Waals surface area contributed by atoms with Crippen LogP contribution in [0.3, 0.4) is 0 Å². The Bertz CT molecular complexity index is 571. The maximum Gasteiger partial charge on any atom is 0.229 e. The Kier molecular flexibility index (Phi) is 3.10. The summed E-state index contributed by atoms with van der Waals surface area (Å²) in [7, 11) is 0. The number of fused-ring (bicyclic) bond motifs is 1. The summed E-state index contributed by atoms with van der Waals surface area (Å²) in [5, 5.41) is 3.52. The van der Waals surface area contributed by atoms with Crippen LogP contribution in [0.2, 0.25) is 5.02 Å². The summed E-state index contributed by atoms with van der Waals surface area (Å²) in [6, 6.07) is 3.56. The third-order valence-electron chi connectivity index (χ3n) is 2.36. The summed E-state index contributed by atoms with van der Waals surface area (Å²) >= 11 is 7.50. The fourth-order valence-corrected chi connectivity index (χ4v) is 2.37. The second kappa shape index (κ2) is 4.27. The molecule has 1 amide bonds. The van der Waals surface area contributed by atoms with E-state index < -0.39 is 5.41 Å². The van der Waals surface area contributed by atoms with Gasteiger partial charge in [-0.2, -0.15) is 0 Å². The highest BCUT2D eigenvalue weighted by atomic mass is 35.5. The molecule has 0 bridgehead atoms. The molecule has 0 radical (unpaired) electrons. The smallest absolute Gasteiger partial charge is 0.229 e. The highest BCUT2D eigenvalue weighted by Crippen LogP contribution is 2.32. The number of halogens is 1. The molecule has 0 spiro atoms. The molecule has 1 N–H and O–H groups in total. The van der Waals surface area contributed by atoms with Gasteiger partial charge in [0.25, 0.3) is 0 Å². The molecule has 1 aromatic heterocycles. The number of nitrogens with zero attached hydrogens (tertiary/aromatic N) is 1. The van der Waals surface area contributed by atoms with Gasteiger partial charge in [-0.05, 0) is 12.1 Å². The molecular weight excluding hydrogens is 256 g/mol. The average Bonchev–Trinajstić information content (AvgIpc) is 2.70. The Morgan fingerprint density at radius 2 is 2.12 bits per heavy atom. The predicted molar refractivity (Wildman–Crippen MR) is 72.7 cm³/mol. The number of thiazole rings is 1. The van der Waals surface area contributed by atoms with Crippen LogP contribution in [0, 0.1) is 5.41 Å². The Balaban J connectivity index is 2.41. The van der Waals surface area contributed by atoms with Crippen LogP contribution < -0.4 is 5.32 Å². The van der Waals surface area contributed by atoms with Crippen molar-refractivity contribution >= 4 is 44.7 Å². The zero-order valence-corrected chi connectivity index (χ0v) is 11.4. The van der Waals surface area contributed by atoms with Crippen LogP contribution in [0.4, 0.5) is 5.69 Å². The van der Waals surface area contributed by atoms with Crippen LogP contribution in [0.1, 0.15) is 20.8 Å². The molecule has 2 aromatic rings. The standard InChI is InChI=1S/C12H13ClN2OS/c1-12(2,3)11(16)15-8-5-4-7(13)9-10(8)17-6-14-9/h4-6H,1-3H3,(H,15,16). The van der Waals surface area contributed by atoms with Crippen LogP contribution in [-0.2, 0) is 4.79 Å². The molecule has 0 aliphatic carbocycles. The van der Waals surface area contributed by atoms with Crippen molar-refractivity contribution in [3.8, 4) is 0 Å². The molecular formula is C12H13ClN2OS. The summed E-state index contributed by atoms with van der Waals surface area (Å²) in [4.78, 5) is 16.1. The number of hydrogen-bond donors (Lipinski definition) is 1. The molecule has 3 nitrogen and oxygen atoms in total. The molecule has 0 atom stereocenters. The Hall–Kier alpha value is -1.13.